The molecule has 1 fully saturated rings. The van der Waals surface area contributed by atoms with Crippen molar-refractivity contribution in [2.75, 3.05) is 6.54 Å². The Morgan fingerprint density at radius 3 is 3.07 bits per heavy atom. The summed E-state index contributed by atoms with van der Waals surface area (Å²) in [4.78, 5) is 4.34. The van der Waals surface area contributed by atoms with Crippen LogP contribution in [0.5, 0.6) is 0 Å². The molecule has 1 atom stereocenters. The first kappa shape index (κ1) is 10.1. The molecule has 0 bridgehead atoms. The Bertz CT molecular complexity index is 296. The minimum Gasteiger partial charge on any atom is -0.392 e. The minimum atomic E-state index is -0.156. The van der Waals surface area contributed by atoms with Gasteiger partial charge in [-0.25, -0.2) is 4.98 Å². The summed E-state index contributed by atoms with van der Waals surface area (Å²) in [5.41, 5.74) is 1.08. The number of aliphatic hydroxyl groups excluding tert-OH is 1. The SMILES string of the molecule is Cc1csc(CNCC(O)C2CC2)n1. The molecule has 2 N–H and O–H groups in total. The first-order valence-electron chi connectivity index (χ1n) is 5.05. The maximum Gasteiger partial charge on any atom is 0.107 e. The summed E-state index contributed by atoms with van der Waals surface area (Å²) in [6.07, 6.45) is 2.23. The summed E-state index contributed by atoms with van der Waals surface area (Å²) in [6, 6.07) is 0. The first-order chi connectivity index (χ1) is 6.75. The van der Waals surface area contributed by atoms with Crippen molar-refractivity contribution in [3.8, 4) is 0 Å². The molecular formula is C10H16N2OS. The zero-order chi connectivity index (χ0) is 9.97. The van der Waals surface area contributed by atoms with Gasteiger partial charge in [0.25, 0.3) is 0 Å². The number of nitrogens with one attached hydrogen (secondary N) is 1. The summed E-state index contributed by atoms with van der Waals surface area (Å²) < 4.78 is 0. The molecule has 78 valence electrons. The second kappa shape index (κ2) is 4.38. The Morgan fingerprint density at radius 2 is 2.50 bits per heavy atom. The number of hydrogen-bond donors (Lipinski definition) is 2. The molecule has 0 saturated heterocycles. The average molecular weight is 212 g/mol. The Morgan fingerprint density at radius 1 is 1.71 bits per heavy atom. The van der Waals surface area contributed by atoms with Crippen LogP contribution in [-0.2, 0) is 6.54 Å². The number of thiazole rings is 1. The van der Waals surface area contributed by atoms with Crippen LogP contribution in [0.25, 0.3) is 0 Å². The van der Waals surface area contributed by atoms with Crippen molar-refractivity contribution in [3.63, 3.8) is 0 Å². The van der Waals surface area contributed by atoms with Crippen LogP contribution in [0.4, 0.5) is 0 Å². The zero-order valence-corrected chi connectivity index (χ0v) is 9.18. The molecule has 1 saturated carbocycles. The molecule has 1 aromatic heterocycles. The molecule has 3 nitrogen and oxygen atoms in total. The fourth-order valence-electron chi connectivity index (χ4n) is 1.46. The lowest BCUT2D eigenvalue weighted by Crippen LogP contribution is -2.27. The van der Waals surface area contributed by atoms with Gasteiger partial charge in [0.05, 0.1) is 6.10 Å². The molecule has 0 aliphatic heterocycles. The molecular weight excluding hydrogens is 196 g/mol. The molecule has 4 heteroatoms. The minimum absolute atomic E-state index is 0.156. The van der Waals surface area contributed by atoms with Crippen molar-refractivity contribution in [2.45, 2.75) is 32.4 Å². The van der Waals surface area contributed by atoms with Crippen molar-refractivity contribution in [1.82, 2.24) is 10.3 Å². The van der Waals surface area contributed by atoms with E-state index in [2.05, 4.69) is 10.3 Å². The van der Waals surface area contributed by atoms with E-state index in [1.54, 1.807) is 11.3 Å². The number of aryl methyl sites for hydroxylation is 1. The highest BCUT2D eigenvalue weighted by atomic mass is 32.1. The highest BCUT2D eigenvalue weighted by molar-refractivity contribution is 7.09. The summed E-state index contributed by atoms with van der Waals surface area (Å²) in [5.74, 6) is 0.556. The highest BCUT2D eigenvalue weighted by Gasteiger charge is 2.29. The van der Waals surface area contributed by atoms with E-state index in [0.29, 0.717) is 12.5 Å². The zero-order valence-electron chi connectivity index (χ0n) is 8.36. The van der Waals surface area contributed by atoms with E-state index >= 15 is 0 Å². The monoisotopic (exact) mass is 212 g/mol. The molecule has 1 heterocycles. The van der Waals surface area contributed by atoms with Gasteiger partial charge in [-0.15, -0.1) is 11.3 Å². The topological polar surface area (TPSA) is 45.1 Å². The summed E-state index contributed by atoms with van der Waals surface area (Å²) in [7, 11) is 0. The fraction of sp³-hybridized carbons (Fsp3) is 0.700. The first-order valence-corrected chi connectivity index (χ1v) is 5.93. The van der Waals surface area contributed by atoms with Gasteiger partial charge in [-0.2, -0.15) is 0 Å². The van der Waals surface area contributed by atoms with E-state index in [1.165, 1.54) is 12.8 Å². The molecule has 1 aliphatic carbocycles. The van der Waals surface area contributed by atoms with Crippen LogP contribution in [0.2, 0.25) is 0 Å². The maximum atomic E-state index is 9.59. The van der Waals surface area contributed by atoms with Crippen LogP contribution in [0.1, 0.15) is 23.5 Å². The highest BCUT2D eigenvalue weighted by Crippen LogP contribution is 2.32. The van der Waals surface area contributed by atoms with Crippen LogP contribution in [0, 0.1) is 12.8 Å². The second-order valence-corrected chi connectivity index (χ2v) is 4.86. The van der Waals surface area contributed by atoms with E-state index in [0.717, 1.165) is 17.2 Å². The Hall–Kier alpha value is -0.450. The molecule has 0 aromatic carbocycles. The Balaban J connectivity index is 1.67. The van der Waals surface area contributed by atoms with Crippen LogP contribution in [-0.4, -0.2) is 22.7 Å². The van der Waals surface area contributed by atoms with Gasteiger partial charge in [0.15, 0.2) is 0 Å². The lowest BCUT2D eigenvalue weighted by molar-refractivity contribution is 0.148. The van der Waals surface area contributed by atoms with Crippen LogP contribution in [0.15, 0.2) is 5.38 Å². The molecule has 14 heavy (non-hydrogen) atoms. The third-order valence-electron chi connectivity index (χ3n) is 2.46. The van der Waals surface area contributed by atoms with Gasteiger partial charge < -0.3 is 10.4 Å². The lowest BCUT2D eigenvalue weighted by atomic mass is 10.2. The largest absolute Gasteiger partial charge is 0.392 e. The molecule has 2 rings (SSSR count). The molecule has 1 unspecified atom stereocenters. The maximum absolute atomic E-state index is 9.59. The van der Waals surface area contributed by atoms with Gasteiger partial charge in [0.1, 0.15) is 5.01 Å². The standard InChI is InChI=1S/C10H16N2OS/c1-7-6-14-10(12-7)5-11-4-9(13)8-2-3-8/h6,8-9,11,13H,2-5H2,1H3. The number of aliphatic hydroxyl groups is 1. The van der Waals surface area contributed by atoms with E-state index < -0.39 is 0 Å². The Kier molecular flexibility index (Phi) is 3.15. The quantitative estimate of drug-likeness (QED) is 0.773. The normalized spacial score (nSPS) is 18.4. The summed E-state index contributed by atoms with van der Waals surface area (Å²) >= 11 is 1.67. The van der Waals surface area contributed by atoms with Gasteiger partial charge in [0, 0.05) is 24.2 Å². The lowest BCUT2D eigenvalue weighted by Gasteiger charge is -2.08. The number of hydrogen-bond acceptors (Lipinski definition) is 4. The average Bonchev–Trinajstić information content (AvgIpc) is 2.92. The van der Waals surface area contributed by atoms with Gasteiger partial charge >= 0.3 is 0 Å². The third kappa shape index (κ3) is 2.77. The smallest absolute Gasteiger partial charge is 0.107 e. The van der Waals surface area contributed by atoms with Crippen LogP contribution >= 0.6 is 11.3 Å². The van der Waals surface area contributed by atoms with Gasteiger partial charge in [-0.1, -0.05) is 0 Å². The van der Waals surface area contributed by atoms with Crippen molar-refractivity contribution in [1.29, 1.82) is 0 Å². The van der Waals surface area contributed by atoms with Crippen molar-refractivity contribution in [3.05, 3.63) is 16.1 Å². The molecule has 1 aliphatic rings. The molecule has 0 spiro atoms. The Labute approximate surface area is 88.2 Å². The van der Waals surface area contributed by atoms with Crippen molar-refractivity contribution >= 4 is 11.3 Å². The predicted octanol–water partition coefficient (Wildman–Crippen LogP) is 1.31. The number of aromatic nitrogens is 1. The van der Waals surface area contributed by atoms with E-state index in [1.807, 2.05) is 12.3 Å². The van der Waals surface area contributed by atoms with Gasteiger partial charge in [0.2, 0.25) is 0 Å². The van der Waals surface area contributed by atoms with Crippen LogP contribution in [0.3, 0.4) is 0 Å². The molecule has 1 aromatic rings. The molecule has 0 amide bonds. The van der Waals surface area contributed by atoms with Crippen molar-refractivity contribution in [2.24, 2.45) is 5.92 Å². The van der Waals surface area contributed by atoms with Gasteiger partial charge in [-0.05, 0) is 25.7 Å². The third-order valence-corrected chi connectivity index (χ3v) is 3.43. The van der Waals surface area contributed by atoms with E-state index in [-0.39, 0.29) is 6.10 Å². The summed E-state index contributed by atoms with van der Waals surface area (Å²) in [5, 5.41) is 16.0. The number of nitrogens with zero attached hydrogens (tertiary/aromatic N) is 1. The second-order valence-electron chi connectivity index (χ2n) is 3.92. The summed E-state index contributed by atoms with van der Waals surface area (Å²) in [6.45, 7) is 3.48. The van der Waals surface area contributed by atoms with Crippen LogP contribution < -0.4 is 5.32 Å². The number of rotatable bonds is 5. The van der Waals surface area contributed by atoms with E-state index in [4.69, 9.17) is 0 Å². The van der Waals surface area contributed by atoms with Gasteiger partial charge in [-0.3, -0.25) is 0 Å². The van der Waals surface area contributed by atoms with Crippen molar-refractivity contribution < 1.29 is 5.11 Å². The fourth-order valence-corrected chi connectivity index (χ4v) is 2.20. The predicted molar refractivity (Wildman–Crippen MR) is 57.3 cm³/mol. The molecule has 0 radical (unpaired) electrons. The van der Waals surface area contributed by atoms with E-state index in [9.17, 15) is 5.11 Å².